The maximum atomic E-state index is 13.2. The third-order valence-corrected chi connectivity index (χ3v) is 4.34. The topological polar surface area (TPSA) is 57.6 Å². The molecular formula is C21H19NO3. The highest BCUT2D eigenvalue weighted by Crippen LogP contribution is 2.33. The predicted octanol–water partition coefficient (Wildman–Crippen LogP) is 4.56. The fourth-order valence-corrected chi connectivity index (χ4v) is 3.07. The van der Waals surface area contributed by atoms with Crippen LogP contribution in [0, 0.1) is 0 Å². The van der Waals surface area contributed by atoms with Crippen molar-refractivity contribution in [2.24, 2.45) is 0 Å². The molecule has 0 aromatic heterocycles. The largest absolute Gasteiger partial charge is 0.478 e. The number of nitrogens with zero attached hydrogens (tertiary/aromatic N) is 1. The van der Waals surface area contributed by atoms with E-state index in [2.05, 4.69) is 6.58 Å². The molecular weight excluding hydrogens is 314 g/mol. The maximum absolute atomic E-state index is 13.2. The minimum atomic E-state index is -1.00. The lowest BCUT2D eigenvalue weighted by atomic mass is 10.1. The van der Waals surface area contributed by atoms with Crippen molar-refractivity contribution < 1.29 is 14.7 Å². The van der Waals surface area contributed by atoms with Crippen molar-refractivity contribution in [3.05, 3.63) is 77.9 Å². The summed E-state index contributed by atoms with van der Waals surface area (Å²) in [5, 5.41) is 9.38. The standard InChI is InChI=1S/C21H19NO3/c1-2-15-11-13-17(14-12-15)22(16-7-4-3-5-8-16)20(23)18-9-6-10-19(18)21(24)25/h2-5,7-8,11-14H,1,6,9-10H2,(H,24,25). The highest BCUT2D eigenvalue weighted by Gasteiger charge is 2.30. The molecule has 1 amide bonds. The third-order valence-electron chi connectivity index (χ3n) is 4.34. The molecule has 0 saturated carbocycles. The maximum Gasteiger partial charge on any atom is 0.332 e. The molecule has 0 saturated heterocycles. The molecule has 1 N–H and O–H groups in total. The Morgan fingerprint density at radius 1 is 0.920 bits per heavy atom. The quantitative estimate of drug-likeness (QED) is 0.872. The van der Waals surface area contributed by atoms with E-state index in [1.165, 1.54) is 0 Å². The zero-order chi connectivity index (χ0) is 17.8. The van der Waals surface area contributed by atoms with Crippen LogP contribution in [-0.2, 0) is 9.59 Å². The normalized spacial score (nSPS) is 13.6. The lowest BCUT2D eigenvalue weighted by molar-refractivity contribution is -0.133. The number of para-hydroxylation sites is 1. The lowest BCUT2D eigenvalue weighted by Crippen LogP contribution is -2.28. The zero-order valence-corrected chi connectivity index (χ0v) is 13.8. The summed E-state index contributed by atoms with van der Waals surface area (Å²) in [4.78, 5) is 26.2. The van der Waals surface area contributed by atoms with Crippen LogP contribution in [0.4, 0.5) is 11.4 Å². The van der Waals surface area contributed by atoms with Crippen LogP contribution in [0.3, 0.4) is 0 Å². The van der Waals surface area contributed by atoms with Gasteiger partial charge in [-0.15, -0.1) is 0 Å². The van der Waals surface area contributed by atoms with Crippen molar-refractivity contribution in [2.45, 2.75) is 19.3 Å². The summed E-state index contributed by atoms with van der Waals surface area (Å²) >= 11 is 0. The second-order valence-electron chi connectivity index (χ2n) is 5.89. The van der Waals surface area contributed by atoms with Crippen LogP contribution < -0.4 is 4.90 Å². The number of carbonyl (C=O) groups is 2. The molecule has 1 aliphatic rings. The first kappa shape index (κ1) is 16.7. The molecule has 0 bridgehead atoms. The number of carbonyl (C=O) groups excluding carboxylic acids is 1. The lowest BCUT2D eigenvalue weighted by Gasteiger charge is -2.24. The molecule has 0 heterocycles. The van der Waals surface area contributed by atoms with E-state index < -0.39 is 5.97 Å². The third kappa shape index (κ3) is 3.38. The summed E-state index contributed by atoms with van der Waals surface area (Å²) in [6.07, 6.45) is 3.37. The first-order valence-electron chi connectivity index (χ1n) is 8.19. The molecule has 126 valence electrons. The van der Waals surface area contributed by atoms with Gasteiger partial charge in [0.15, 0.2) is 0 Å². The second kappa shape index (κ2) is 7.18. The Labute approximate surface area is 146 Å². The Bertz CT molecular complexity index is 835. The van der Waals surface area contributed by atoms with Crippen LogP contribution >= 0.6 is 0 Å². The summed E-state index contributed by atoms with van der Waals surface area (Å²) in [6.45, 7) is 3.74. The molecule has 0 atom stereocenters. The van der Waals surface area contributed by atoms with Gasteiger partial charge in [0.1, 0.15) is 0 Å². The molecule has 25 heavy (non-hydrogen) atoms. The van der Waals surface area contributed by atoms with Crippen molar-refractivity contribution in [2.75, 3.05) is 4.90 Å². The Morgan fingerprint density at radius 3 is 2.12 bits per heavy atom. The smallest absolute Gasteiger partial charge is 0.332 e. The summed E-state index contributed by atoms with van der Waals surface area (Å²) in [6, 6.07) is 16.7. The number of hydrogen-bond donors (Lipinski definition) is 1. The van der Waals surface area contributed by atoms with E-state index in [4.69, 9.17) is 0 Å². The molecule has 1 aliphatic carbocycles. The molecule has 2 aromatic carbocycles. The van der Waals surface area contributed by atoms with E-state index in [0.29, 0.717) is 36.2 Å². The second-order valence-corrected chi connectivity index (χ2v) is 5.89. The van der Waals surface area contributed by atoms with Crippen molar-refractivity contribution in [1.82, 2.24) is 0 Å². The van der Waals surface area contributed by atoms with Gasteiger partial charge in [0.25, 0.3) is 5.91 Å². The molecule has 4 nitrogen and oxygen atoms in total. The Kier molecular flexibility index (Phi) is 4.80. The van der Waals surface area contributed by atoms with Gasteiger partial charge < -0.3 is 5.11 Å². The zero-order valence-electron chi connectivity index (χ0n) is 13.8. The fourth-order valence-electron chi connectivity index (χ4n) is 3.07. The van der Waals surface area contributed by atoms with Gasteiger partial charge in [0.05, 0.1) is 0 Å². The molecule has 0 unspecified atom stereocenters. The number of hydrogen-bond acceptors (Lipinski definition) is 2. The van der Waals surface area contributed by atoms with Crippen molar-refractivity contribution in [1.29, 1.82) is 0 Å². The van der Waals surface area contributed by atoms with Crippen molar-refractivity contribution >= 4 is 29.3 Å². The minimum absolute atomic E-state index is 0.230. The van der Waals surface area contributed by atoms with Crippen LogP contribution in [0.25, 0.3) is 6.08 Å². The number of amides is 1. The number of benzene rings is 2. The van der Waals surface area contributed by atoms with E-state index in [-0.39, 0.29) is 11.5 Å². The minimum Gasteiger partial charge on any atom is -0.478 e. The van der Waals surface area contributed by atoms with Gasteiger partial charge in [-0.2, -0.15) is 0 Å². The van der Waals surface area contributed by atoms with Gasteiger partial charge in [0.2, 0.25) is 0 Å². The number of carboxylic acids is 1. The highest BCUT2D eigenvalue weighted by atomic mass is 16.4. The Hall–Kier alpha value is -3.14. The van der Waals surface area contributed by atoms with E-state index in [1.807, 2.05) is 54.6 Å². The van der Waals surface area contributed by atoms with E-state index in [1.54, 1.807) is 11.0 Å². The van der Waals surface area contributed by atoms with Gasteiger partial charge in [-0.3, -0.25) is 9.69 Å². The molecule has 0 radical (unpaired) electrons. The van der Waals surface area contributed by atoms with Crippen LogP contribution in [-0.4, -0.2) is 17.0 Å². The highest BCUT2D eigenvalue weighted by molar-refractivity contribution is 6.14. The van der Waals surface area contributed by atoms with Crippen LogP contribution in [0.2, 0.25) is 0 Å². The van der Waals surface area contributed by atoms with Gasteiger partial charge >= 0.3 is 5.97 Å². The van der Waals surface area contributed by atoms with Gasteiger partial charge in [-0.05, 0) is 49.1 Å². The first-order chi connectivity index (χ1) is 12.1. The number of carboxylic acid groups (broad SMARTS) is 1. The summed E-state index contributed by atoms with van der Waals surface area (Å²) in [7, 11) is 0. The Morgan fingerprint density at radius 2 is 1.52 bits per heavy atom. The van der Waals surface area contributed by atoms with E-state index in [0.717, 1.165) is 5.56 Å². The predicted molar refractivity (Wildman–Crippen MR) is 98.6 cm³/mol. The van der Waals surface area contributed by atoms with Crippen LogP contribution in [0.15, 0.2) is 72.3 Å². The molecule has 2 aromatic rings. The molecule has 0 aliphatic heterocycles. The van der Waals surface area contributed by atoms with Crippen LogP contribution in [0.1, 0.15) is 24.8 Å². The molecule has 3 rings (SSSR count). The average molecular weight is 333 g/mol. The van der Waals surface area contributed by atoms with Crippen LogP contribution in [0.5, 0.6) is 0 Å². The average Bonchev–Trinajstić information content (AvgIpc) is 3.13. The summed E-state index contributed by atoms with van der Waals surface area (Å²) in [5.41, 5.74) is 2.99. The van der Waals surface area contributed by atoms with Gasteiger partial charge in [-0.25, -0.2) is 4.79 Å². The summed E-state index contributed by atoms with van der Waals surface area (Å²) < 4.78 is 0. The number of anilines is 2. The van der Waals surface area contributed by atoms with Crippen molar-refractivity contribution in [3.63, 3.8) is 0 Å². The van der Waals surface area contributed by atoms with Crippen molar-refractivity contribution in [3.8, 4) is 0 Å². The van der Waals surface area contributed by atoms with Gasteiger partial charge in [0, 0.05) is 22.5 Å². The fraction of sp³-hybridized carbons (Fsp3) is 0.143. The summed E-state index contributed by atoms with van der Waals surface area (Å²) in [5.74, 6) is -1.27. The molecule has 0 spiro atoms. The molecule has 0 fully saturated rings. The number of rotatable bonds is 5. The molecule has 4 heteroatoms. The van der Waals surface area contributed by atoms with Gasteiger partial charge in [-0.1, -0.05) is 43.0 Å². The number of aliphatic carboxylic acids is 1. The SMILES string of the molecule is C=Cc1ccc(N(C(=O)C2=C(C(=O)O)CCC2)c2ccccc2)cc1. The first-order valence-corrected chi connectivity index (χ1v) is 8.19. The monoisotopic (exact) mass is 333 g/mol. The van der Waals surface area contributed by atoms with E-state index in [9.17, 15) is 14.7 Å². The van der Waals surface area contributed by atoms with E-state index >= 15 is 0 Å². The Balaban J connectivity index is 2.08.